The van der Waals surface area contributed by atoms with Gasteiger partial charge in [-0.25, -0.2) is 8.42 Å². The summed E-state index contributed by atoms with van der Waals surface area (Å²) >= 11 is 0. The largest absolute Gasteiger partial charge is 0.497 e. The molecule has 0 saturated heterocycles. The molecule has 0 saturated carbocycles. The predicted octanol–water partition coefficient (Wildman–Crippen LogP) is 1.30. The lowest BCUT2D eigenvalue weighted by atomic mass is 10.3. The normalized spacial score (nSPS) is 12.7. The molecule has 2 N–H and O–H groups in total. The summed E-state index contributed by atoms with van der Waals surface area (Å²) < 4.78 is 36.6. The summed E-state index contributed by atoms with van der Waals surface area (Å²) in [5.41, 5.74) is 0. The molecule has 0 radical (unpaired) electrons. The number of sulfonamides is 1. The van der Waals surface area contributed by atoms with E-state index in [1.54, 1.807) is 6.92 Å². The minimum absolute atomic E-state index is 0.0373. The monoisotopic (exact) mass is 339 g/mol. The van der Waals surface area contributed by atoms with E-state index in [1.165, 1.54) is 44.4 Å². The third-order valence-corrected chi connectivity index (χ3v) is 4.53. The number of nitrogens with zero attached hydrogens (tertiary/aromatic N) is 1. The second-order valence-electron chi connectivity index (χ2n) is 4.83. The fourth-order valence-corrected chi connectivity index (χ4v) is 2.97. The first-order valence-corrected chi connectivity index (χ1v) is 8.20. The Labute approximate surface area is 133 Å². The molecule has 1 atom stereocenters. The maximum atomic E-state index is 12.2. The van der Waals surface area contributed by atoms with Gasteiger partial charge in [-0.2, -0.15) is 4.72 Å². The molecular formula is C14H17N3O5S. The molecule has 1 aromatic heterocycles. The van der Waals surface area contributed by atoms with Gasteiger partial charge >= 0.3 is 0 Å². The van der Waals surface area contributed by atoms with E-state index in [9.17, 15) is 13.2 Å². The van der Waals surface area contributed by atoms with Crippen LogP contribution in [0.15, 0.2) is 39.8 Å². The van der Waals surface area contributed by atoms with Crippen LogP contribution in [-0.4, -0.2) is 32.6 Å². The second-order valence-corrected chi connectivity index (χ2v) is 6.54. The Kier molecular flexibility index (Phi) is 5.02. The number of aryl methyl sites for hydroxylation is 1. The summed E-state index contributed by atoms with van der Waals surface area (Å²) in [4.78, 5) is 12.0. The van der Waals surface area contributed by atoms with E-state index in [2.05, 4.69) is 15.2 Å². The first-order chi connectivity index (χ1) is 10.8. The zero-order valence-corrected chi connectivity index (χ0v) is 13.7. The molecule has 1 aromatic carbocycles. The van der Waals surface area contributed by atoms with E-state index >= 15 is 0 Å². The molecule has 0 aliphatic heterocycles. The van der Waals surface area contributed by atoms with Gasteiger partial charge in [0.1, 0.15) is 11.5 Å². The highest BCUT2D eigenvalue weighted by atomic mass is 32.2. The third-order valence-electron chi connectivity index (χ3n) is 2.97. The van der Waals surface area contributed by atoms with E-state index in [-0.39, 0.29) is 10.7 Å². The van der Waals surface area contributed by atoms with Gasteiger partial charge in [0.2, 0.25) is 15.9 Å². The summed E-state index contributed by atoms with van der Waals surface area (Å²) in [6.07, 6.45) is 0. The van der Waals surface area contributed by atoms with Crippen LogP contribution in [0.2, 0.25) is 0 Å². The quantitative estimate of drug-likeness (QED) is 0.820. The number of hydrogen-bond acceptors (Lipinski definition) is 6. The van der Waals surface area contributed by atoms with E-state index in [4.69, 9.17) is 9.26 Å². The molecule has 23 heavy (non-hydrogen) atoms. The zero-order valence-electron chi connectivity index (χ0n) is 12.9. The SMILES string of the molecule is COc1ccc(S(=O)(=O)N[C@@H](C)C(=O)Nc2cc(C)on2)cc1. The average molecular weight is 339 g/mol. The highest BCUT2D eigenvalue weighted by Gasteiger charge is 2.22. The Balaban J connectivity index is 2.04. The molecule has 0 spiro atoms. The van der Waals surface area contributed by atoms with Crippen molar-refractivity contribution in [2.24, 2.45) is 0 Å². The fraction of sp³-hybridized carbons (Fsp3) is 0.286. The number of benzene rings is 1. The van der Waals surface area contributed by atoms with E-state index in [0.717, 1.165) is 0 Å². The van der Waals surface area contributed by atoms with Gasteiger partial charge in [0.25, 0.3) is 0 Å². The highest BCUT2D eigenvalue weighted by Crippen LogP contribution is 2.16. The van der Waals surface area contributed by atoms with Crippen molar-refractivity contribution in [1.82, 2.24) is 9.88 Å². The van der Waals surface area contributed by atoms with Gasteiger partial charge in [0, 0.05) is 6.07 Å². The average Bonchev–Trinajstić information content (AvgIpc) is 2.92. The van der Waals surface area contributed by atoms with Crippen molar-refractivity contribution in [2.45, 2.75) is 24.8 Å². The van der Waals surface area contributed by atoms with Crippen LogP contribution in [0.5, 0.6) is 5.75 Å². The smallest absolute Gasteiger partial charge is 0.243 e. The number of amides is 1. The van der Waals surface area contributed by atoms with E-state index in [0.29, 0.717) is 11.5 Å². The Morgan fingerprint density at radius 2 is 1.96 bits per heavy atom. The number of hydrogen-bond donors (Lipinski definition) is 2. The Morgan fingerprint density at radius 3 is 2.48 bits per heavy atom. The number of rotatable bonds is 6. The Bertz CT molecular complexity index is 783. The Morgan fingerprint density at radius 1 is 1.30 bits per heavy atom. The van der Waals surface area contributed by atoms with Crippen molar-refractivity contribution in [3.8, 4) is 5.75 Å². The van der Waals surface area contributed by atoms with Crippen molar-refractivity contribution >= 4 is 21.7 Å². The highest BCUT2D eigenvalue weighted by molar-refractivity contribution is 7.89. The molecule has 1 heterocycles. The van der Waals surface area contributed by atoms with Gasteiger partial charge in [-0.05, 0) is 38.1 Å². The number of ether oxygens (including phenoxy) is 1. The lowest BCUT2D eigenvalue weighted by Crippen LogP contribution is -2.41. The molecule has 9 heteroatoms. The summed E-state index contributed by atoms with van der Waals surface area (Å²) in [5, 5.41) is 6.08. The van der Waals surface area contributed by atoms with Crippen LogP contribution < -0.4 is 14.8 Å². The molecule has 0 aliphatic rings. The lowest BCUT2D eigenvalue weighted by Gasteiger charge is -2.13. The molecule has 1 amide bonds. The maximum Gasteiger partial charge on any atom is 0.243 e. The standard InChI is InChI=1S/C14H17N3O5S/c1-9-8-13(16-22-9)15-14(18)10(2)17-23(19,20)12-6-4-11(21-3)5-7-12/h4-8,10,17H,1-3H3,(H,15,16,18)/t10-/m0/s1. The molecule has 0 fully saturated rings. The number of carbonyl (C=O) groups is 1. The van der Waals surface area contributed by atoms with Crippen LogP contribution in [-0.2, 0) is 14.8 Å². The maximum absolute atomic E-state index is 12.2. The zero-order chi connectivity index (χ0) is 17.0. The van der Waals surface area contributed by atoms with Gasteiger partial charge in [0.05, 0.1) is 18.0 Å². The van der Waals surface area contributed by atoms with Gasteiger partial charge < -0.3 is 14.6 Å². The predicted molar refractivity (Wildman–Crippen MR) is 82.6 cm³/mol. The van der Waals surface area contributed by atoms with Gasteiger partial charge in [-0.1, -0.05) is 5.16 Å². The Hall–Kier alpha value is -2.39. The first kappa shape index (κ1) is 17.0. The lowest BCUT2D eigenvalue weighted by molar-refractivity contribution is -0.117. The van der Waals surface area contributed by atoms with Crippen LogP contribution >= 0.6 is 0 Å². The minimum atomic E-state index is -3.83. The van der Waals surface area contributed by atoms with Crippen molar-refractivity contribution < 1.29 is 22.5 Å². The second kappa shape index (κ2) is 6.80. The topological polar surface area (TPSA) is 111 Å². The van der Waals surface area contributed by atoms with Crippen LogP contribution in [0.4, 0.5) is 5.82 Å². The first-order valence-electron chi connectivity index (χ1n) is 6.72. The van der Waals surface area contributed by atoms with Gasteiger partial charge in [0.15, 0.2) is 5.82 Å². The molecule has 124 valence electrons. The molecule has 0 unspecified atom stereocenters. The molecule has 8 nitrogen and oxygen atoms in total. The molecule has 2 rings (SSSR count). The third kappa shape index (κ3) is 4.30. The summed E-state index contributed by atoms with van der Waals surface area (Å²) in [6, 6.07) is 6.39. The van der Waals surface area contributed by atoms with Gasteiger partial charge in [-0.15, -0.1) is 0 Å². The van der Waals surface area contributed by atoms with E-state index in [1.807, 2.05) is 0 Å². The van der Waals surface area contributed by atoms with Crippen molar-refractivity contribution in [2.75, 3.05) is 12.4 Å². The van der Waals surface area contributed by atoms with Crippen molar-refractivity contribution in [3.63, 3.8) is 0 Å². The van der Waals surface area contributed by atoms with Gasteiger partial charge in [-0.3, -0.25) is 4.79 Å². The van der Waals surface area contributed by atoms with Crippen molar-refractivity contribution in [1.29, 1.82) is 0 Å². The fourth-order valence-electron chi connectivity index (χ4n) is 1.77. The number of anilines is 1. The number of nitrogens with one attached hydrogen (secondary N) is 2. The molecular weight excluding hydrogens is 322 g/mol. The number of carbonyl (C=O) groups excluding carboxylic acids is 1. The number of aromatic nitrogens is 1. The summed E-state index contributed by atoms with van der Waals surface area (Å²) in [7, 11) is -2.34. The number of methoxy groups -OCH3 is 1. The van der Waals surface area contributed by atoms with Crippen LogP contribution in [0.1, 0.15) is 12.7 Å². The van der Waals surface area contributed by atoms with Crippen LogP contribution in [0.3, 0.4) is 0 Å². The van der Waals surface area contributed by atoms with E-state index < -0.39 is 22.0 Å². The van der Waals surface area contributed by atoms with Crippen LogP contribution in [0, 0.1) is 6.92 Å². The summed E-state index contributed by atoms with van der Waals surface area (Å²) in [5.74, 6) is 0.751. The van der Waals surface area contributed by atoms with Crippen LogP contribution in [0.25, 0.3) is 0 Å². The molecule has 2 aromatic rings. The molecule has 0 bridgehead atoms. The minimum Gasteiger partial charge on any atom is -0.497 e. The summed E-state index contributed by atoms with van der Waals surface area (Å²) in [6.45, 7) is 3.11. The van der Waals surface area contributed by atoms with Crippen molar-refractivity contribution in [3.05, 3.63) is 36.1 Å². The molecule has 0 aliphatic carbocycles.